The molecule has 1 aliphatic rings. The Kier molecular flexibility index (Phi) is 19.2. The Morgan fingerprint density at radius 3 is 1.92 bits per heavy atom. The summed E-state index contributed by atoms with van der Waals surface area (Å²) < 4.78 is 1.38. The van der Waals surface area contributed by atoms with Crippen molar-refractivity contribution in [3.8, 4) is 0 Å². The van der Waals surface area contributed by atoms with E-state index in [2.05, 4.69) is 85.8 Å². The van der Waals surface area contributed by atoms with Crippen LogP contribution in [-0.4, -0.2) is 62.0 Å². The van der Waals surface area contributed by atoms with E-state index < -0.39 is 0 Å². The first kappa shape index (κ1) is 28.2. The molecule has 0 nitrogen and oxygen atoms in total. The molecule has 6 atom stereocenters. The minimum Gasteiger partial charge on any atom is -0.178 e. The van der Waals surface area contributed by atoms with E-state index >= 15 is 0 Å². The molecule has 0 saturated carbocycles. The van der Waals surface area contributed by atoms with Crippen LogP contribution in [0, 0.1) is 0 Å². The van der Waals surface area contributed by atoms with Crippen molar-refractivity contribution in [2.24, 2.45) is 0 Å². The van der Waals surface area contributed by atoms with E-state index in [1.165, 1.54) is 11.5 Å². The van der Waals surface area contributed by atoms with Gasteiger partial charge in [-0.05, 0) is 12.8 Å². The minimum atomic E-state index is 0.289. The molecule has 0 N–H and O–H groups in total. The fourth-order valence-corrected chi connectivity index (χ4v) is 14.0. The van der Waals surface area contributed by atoms with Crippen molar-refractivity contribution >= 4 is 146 Å². The molecule has 0 amide bonds. The number of thioether (sulfide) groups is 6. The van der Waals surface area contributed by atoms with Crippen molar-refractivity contribution in [3.05, 3.63) is 0 Å². The van der Waals surface area contributed by atoms with Crippen LogP contribution in [0.25, 0.3) is 0 Å². The maximum Gasteiger partial charge on any atom is 0.0537 e. The van der Waals surface area contributed by atoms with Crippen molar-refractivity contribution in [1.82, 2.24) is 0 Å². The zero-order valence-corrected chi connectivity index (χ0v) is 24.5. The number of thiol groups is 6. The molecule has 1 rings (SSSR count). The Balaban J connectivity index is 2.51. The zero-order valence-electron chi connectivity index (χ0n) is 14.3. The summed E-state index contributed by atoms with van der Waals surface area (Å²) in [7, 11) is 0. The Hall–Kier alpha value is 4.20. The molecule has 0 aromatic heterocycles. The van der Waals surface area contributed by atoms with E-state index in [4.69, 9.17) is 25.3 Å². The molecule has 0 aliphatic carbocycles. The summed E-state index contributed by atoms with van der Waals surface area (Å²) in [4.78, 5) is 0. The molecule has 0 bridgehead atoms. The average molecular weight is 581 g/mol. The lowest BCUT2D eigenvalue weighted by Crippen LogP contribution is -2.30. The van der Waals surface area contributed by atoms with Gasteiger partial charge in [0.25, 0.3) is 0 Å². The summed E-state index contributed by atoms with van der Waals surface area (Å²) in [5, 5.41) is 5.36. The van der Waals surface area contributed by atoms with Crippen LogP contribution in [0.4, 0.5) is 0 Å². The Morgan fingerprint density at radius 2 is 1.38 bits per heavy atom. The third-order valence-corrected chi connectivity index (χ3v) is 15.3. The number of hydrogen-bond donors (Lipinski definition) is 6. The molecule has 26 heavy (non-hydrogen) atoms. The normalized spacial score (nSPS) is 25.6. The smallest absolute Gasteiger partial charge is 0.0537 e. The number of rotatable bonds is 14. The summed E-state index contributed by atoms with van der Waals surface area (Å²) in [5.74, 6) is 1.88. The lowest BCUT2D eigenvalue weighted by Gasteiger charge is -2.31. The van der Waals surface area contributed by atoms with Crippen LogP contribution in [-0.2, 0) is 0 Å². The highest BCUT2D eigenvalue weighted by atomic mass is 32.3. The van der Waals surface area contributed by atoms with Crippen molar-refractivity contribution in [3.63, 3.8) is 0 Å². The zero-order chi connectivity index (χ0) is 19.4. The van der Waals surface area contributed by atoms with Gasteiger partial charge in [0, 0.05) is 52.8 Å². The summed E-state index contributed by atoms with van der Waals surface area (Å²) in [6.07, 6.45) is 2.35. The van der Waals surface area contributed by atoms with Gasteiger partial charge in [0.1, 0.15) is 0 Å². The molecule has 1 heterocycles. The van der Waals surface area contributed by atoms with E-state index in [0.717, 1.165) is 33.2 Å². The highest BCUT2D eigenvalue weighted by Gasteiger charge is 2.28. The van der Waals surface area contributed by atoms with E-state index in [-0.39, 0.29) is 5.25 Å². The first-order valence-corrected chi connectivity index (χ1v) is 17.9. The molecular weight excluding hydrogens is 553 g/mol. The lowest BCUT2D eigenvalue weighted by molar-refractivity contribution is 0.713. The molecule has 156 valence electrons. The van der Waals surface area contributed by atoms with E-state index in [1.54, 1.807) is 0 Å². The Bertz CT molecular complexity index is 344. The number of hydrogen-bond acceptors (Lipinski definition) is 12. The molecular formula is C14H28S12. The maximum absolute atomic E-state index is 4.98. The summed E-state index contributed by atoms with van der Waals surface area (Å²) >= 11 is 39.4. The van der Waals surface area contributed by atoms with Gasteiger partial charge in [-0.15, -0.1) is 70.6 Å². The SMILES string of the molecule is SCSC1CC(SCC(S)C(CC(SCS)C(S)CS)SCS)SCS1. The molecule has 1 aliphatic heterocycles. The molecule has 1 saturated heterocycles. The third kappa shape index (κ3) is 11.7. The predicted molar refractivity (Wildman–Crippen MR) is 161 cm³/mol. The van der Waals surface area contributed by atoms with Crippen LogP contribution in [0.2, 0.25) is 0 Å². The largest absolute Gasteiger partial charge is 0.178 e. The second kappa shape index (κ2) is 17.7. The highest BCUT2D eigenvalue weighted by Crippen LogP contribution is 2.44. The van der Waals surface area contributed by atoms with Gasteiger partial charge in [-0.2, -0.15) is 75.8 Å². The van der Waals surface area contributed by atoms with Gasteiger partial charge < -0.3 is 0 Å². The van der Waals surface area contributed by atoms with Gasteiger partial charge in [0.05, 0.1) is 9.16 Å². The predicted octanol–water partition coefficient (Wildman–Crippen LogP) is 6.71. The monoisotopic (exact) mass is 580 g/mol. The third-order valence-electron chi connectivity index (χ3n) is 3.69. The van der Waals surface area contributed by atoms with Gasteiger partial charge in [0.15, 0.2) is 0 Å². The molecule has 12 heteroatoms. The Labute approximate surface area is 218 Å². The van der Waals surface area contributed by atoms with Gasteiger partial charge in [-0.1, -0.05) is 0 Å². The van der Waals surface area contributed by atoms with E-state index in [1.807, 2.05) is 35.3 Å². The second-order valence-corrected chi connectivity index (χ2v) is 17.5. The van der Waals surface area contributed by atoms with Crippen LogP contribution in [0.15, 0.2) is 0 Å². The van der Waals surface area contributed by atoms with Crippen LogP contribution >= 0.6 is 146 Å². The average Bonchev–Trinajstić information content (AvgIpc) is 2.65. The second-order valence-electron chi connectivity index (χ2n) is 5.40. The van der Waals surface area contributed by atoms with Crippen LogP contribution < -0.4 is 0 Å². The molecule has 0 spiro atoms. The molecule has 1 fully saturated rings. The first-order chi connectivity index (χ1) is 12.5. The van der Waals surface area contributed by atoms with Gasteiger partial charge in [-0.25, -0.2) is 0 Å². The molecule has 6 unspecified atom stereocenters. The topological polar surface area (TPSA) is 0 Å². The van der Waals surface area contributed by atoms with E-state index in [0.29, 0.717) is 24.9 Å². The van der Waals surface area contributed by atoms with Crippen molar-refractivity contribution < 1.29 is 0 Å². The van der Waals surface area contributed by atoms with Gasteiger partial charge in [-0.3, -0.25) is 0 Å². The molecule has 0 radical (unpaired) electrons. The van der Waals surface area contributed by atoms with Crippen molar-refractivity contribution in [1.29, 1.82) is 0 Å². The van der Waals surface area contributed by atoms with Crippen molar-refractivity contribution in [2.75, 3.05) is 31.8 Å². The summed E-state index contributed by atoms with van der Waals surface area (Å²) in [5.41, 5.74) is 0. The fourth-order valence-electron chi connectivity index (χ4n) is 2.32. The lowest BCUT2D eigenvalue weighted by atomic mass is 10.1. The van der Waals surface area contributed by atoms with Crippen LogP contribution in [0.1, 0.15) is 12.8 Å². The van der Waals surface area contributed by atoms with E-state index in [9.17, 15) is 0 Å². The van der Waals surface area contributed by atoms with Crippen molar-refractivity contribution in [2.45, 2.75) is 43.0 Å². The molecule has 0 aromatic carbocycles. The van der Waals surface area contributed by atoms with Crippen LogP contribution in [0.5, 0.6) is 0 Å². The maximum atomic E-state index is 4.98. The minimum absolute atomic E-state index is 0.289. The summed E-state index contributed by atoms with van der Waals surface area (Å²) in [6.45, 7) is 0. The summed E-state index contributed by atoms with van der Waals surface area (Å²) in [6, 6.07) is 0. The quantitative estimate of drug-likeness (QED) is 0.0991. The van der Waals surface area contributed by atoms with Crippen LogP contribution in [0.3, 0.4) is 0 Å². The van der Waals surface area contributed by atoms with Gasteiger partial charge >= 0.3 is 0 Å². The van der Waals surface area contributed by atoms with Gasteiger partial charge in [0.2, 0.25) is 0 Å². The highest BCUT2D eigenvalue weighted by molar-refractivity contribution is 8.29. The Morgan fingerprint density at radius 1 is 0.808 bits per heavy atom. The fraction of sp³-hybridized carbons (Fsp3) is 1.00. The molecule has 0 aromatic rings. The standard InChI is InChI=1S/C14H28S12/c15-3-9(19)11(22-5-16)1-12(23-6-17)10(20)4-21-13-2-14(24-7-18)26-8-25-13/h9-20H,1-8H2. The first-order valence-electron chi connectivity index (χ1n) is 8.04.